The second-order valence-electron chi connectivity index (χ2n) is 6.59. The number of anilines is 1. The van der Waals surface area contributed by atoms with Gasteiger partial charge in [-0.1, -0.05) is 12.1 Å². The highest BCUT2D eigenvalue weighted by Crippen LogP contribution is 2.19. The highest BCUT2D eigenvalue weighted by Gasteiger charge is 2.22. The number of nitrogens with one attached hydrogen (secondary N) is 2. The number of nitrogens with zero attached hydrogens (tertiary/aromatic N) is 1. The van der Waals surface area contributed by atoms with E-state index in [-0.39, 0.29) is 17.7 Å². The van der Waals surface area contributed by atoms with Crippen molar-refractivity contribution >= 4 is 22.5 Å². The Balaban J connectivity index is 1.50. The van der Waals surface area contributed by atoms with Gasteiger partial charge in [0.05, 0.1) is 12.2 Å². The number of benzene rings is 2. The number of carbonyl (C=O) groups is 1. The average Bonchev–Trinajstić information content (AvgIpc) is 2.65. The summed E-state index contributed by atoms with van der Waals surface area (Å²) in [4.78, 5) is 30.1. The van der Waals surface area contributed by atoms with Crippen LogP contribution < -0.4 is 10.7 Å². The number of hydrogen-bond acceptors (Lipinski definition) is 3. The van der Waals surface area contributed by atoms with Crippen molar-refractivity contribution in [2.75, 3.05) is 18.4 Å². The zero-order valence-electron chi connectivity index (χ0n) is 14.4. The van der Waals surface area contributed by atoms with E-state index >= 15 is 0 Å². The minimum Gasteiger partial charge on any atom is -0.358 e. The molecule has 0 unspecified atom stereocenters. The number of fused-ring (bicyclic) bond motifs is 2. The standard InChI is InChI=1S/C20H17F2N3O2/c21-12-5-6-18(15(22)9-12)24-19(26)11-25-8-7-17-14(10-25)20(27)13-3-1-2-4-16(13)23-17/h1-6,9H,7-8,10-11H2,(H,23,27)(H,24,26). The number of pyridine rings is 1. The molecule has 2 aromatic carbocycles. The van der Waals surface area contributed by atoms with E-state index in [2.05, 4.69) is 10.3 Å². The van der Waals surface area contributed by atoms with Crippen molar-refractivity contribution in [3.63, 3.8) is 0 Å². The van der Waals surface area contributed by atoms with E-state index in [0.29, 0.717) is 30.5 Å². The minimum absolute atomic E-state index is 0.0164. The molecule has 4 rings (SSSR count). The predicted molar refractivity (Wildman–Crippen MR) is 98.5 cm³/mol. The largest absolute Gasteiger partial charge is 0.358 e. The summed E-state index contributed by atoms with van der Waals surface area (Å²) in [6, 6.07) is 10.3. The molecule has 2 N–H and O–H groups in total. The molecule has 1 aliphatic heterocycles. The summed E-state index contributed by atoms with van der Waals surface area (Å²) >= 11 is 0. The number of H-pyrrole nitrogens is 1. The number of halogens is 2. The third kappa shape index (κ3) is 3.46. The summed E-state index contributed by atoms with van der Waals surface area (Å²) in [5.41, 5.74) is 2.25. The van der Waals surface area contributed by atoms with E-state index in [1.807, 2.05) is 23.1 Å². The van der Waals surface area contributed by atoms with Crippen LogP contribution in [-0.4, -0.2) is 28.9 Å². The average molecular weight is 369 g/mol. The van der Waals surface area contributed by atoms with Crippen molar-refractivity contribution in [1.82, 2.24) is 9.88 Å². The molecule has 0 saturated carbocycles. The number of para-hydroxylation sites is 1. The Morgan fingerprint density at radius 2 is 2.00 bits per heavy atom. The molecule has 0 aliphatic carbocycles. The SMILES string of the molecule is O=C(CN1CCc2[nH]c3ccccc3c(=O)c2C1)Nc1ccc(F)cc1F. The molecule has 0 radical (unpaired) electrons. The van der Waals surface area contributed by atoms with Crippen LogP contribution in [0.5, 0.6) is 0 Å². The van der Waals surface area contributed by atoms with Gasteiger partial charge in [0.15, 0.2) is 5.43 Å². The van der Waals surface area contributed by atoms with Crippen LogP contribution in [0.4, 0.5) is 14.5 Å². The van der Waals surface area contributed by atoms with Crippen LogP contribution in [0.25, 0.3) is 10.9 Å². The van der Waals surface area contributed by atoms with E-state index in [4.69, 9.17) is 0 Å². The van der Waals surface area contributed by atoms with Gasteiger partial charge in [-0.15, -0.1) is 0 Å². The van der Waals surface area contributed by atoms with Crippen molar-refractivity contribution in [3.8, 4) is 0 Å². The Hall–Kier alpha value is -3.06. The van der Waals surface area contributed by atoms with Gasteiger partial charge in [-0.25, -0.2) is 8.78 Å². The maximum absolute atomic E-state index is 13.7. The topological polar surface area (TPSA) is 65.2 Å². The third-order valence-electron chi connectivity index (χ3n) is 4.73. The van der Waals surface area contributed by atoms with Crippen LogP contribution in [0.15, 0.2) is 47.3 Å². The van der Waals surface area contributed by atoms with E-state index in [1.54, 1.807) is 6.07 Å². The van der Waals surface area contributed by atoms with E-state index in [0.717, 1.165) is 23.3 Å². The van der Waals surface area contributed by atoms with Crippen molar-refractivity contribution < 1.29 is 13.6 Å². The Bertz CT molecular complexity index is 1090. The smallest absolute Gasteiger partial charge is 0.238 e. The first-order chi connectivity index (χ1) is 13.0. The van der Waals surface area contributed by atoms with E-state index in [1.165, 1.54) is 6.07 Å². The van der Waals surface area contributed by atoms with Gasteiger partial charge in [0.25, 0.3) is 0 Å². The lowest BCUT2D eigenvalue weighted by atomic mass is 10.0. The van der Waals surface area contributed by atoms with Crippen molar-refractivity contribution in [2.45, 2.75) is 13.0 Å². The fraction of sp³-hybridized carbons (Fsp3) is 0.200. The normalized spacial score (nSPS) is 14.1. The molecule has 1 aliphatic rings. The molecule has 0 spiro atoms. The summed E-state index contributed by atoms with van der Waals surface area (Å²) in [5, 5.41) is 3.07. The first-order valence-corrected chi connectivity index (χ1v) is 8.61. The molecule has 2 heterocycles. The fourth-order valence-electron chi connectivity index (χ4n) is 3.40. The number of amides is 1. The lowest BCUT2D eigenvalue weighted by Crippen LogP contribution is -2.39. The molecule has 1 amide bonds. The van der Waals surface area contributed by atoms with Crippen molar-refractivity contribution in [2.24, 2.45) is 0 Å². The van der Waals surface area contributed by atoms with E-state index in [9.17, 15) is 18.4 Å². The van der Waals surface area contributed by atoms with Gasteiger partial charge in [-0.3, -0.25) is 14.5 Å². The minimum atomic E-state index is -0.824. The molecule has 0 bridgehead atoms. The molecular weight excluding hydrogens is 352 g/mol. The summed E-state index contributed by atoms with van der Waals surface area (Å²) < 4.78 is 26.6. The Morgan fingerprint density at radius 1 is 1.19 bits per heavy atom. The summed E-state index contributed by atoms with van der Waals surface area (Å²) in [6.07, 6.45) is 0.619. The molecule has 138 valence electrons. The van der Waals surface area contributed by atoms with Gasteiger partial charge in [0, 0.05) is 47.7 Å². The van der Waals surface area contributed by atoms with Crippen LogP contribution in [0, 0.1) is 11.6 Å². The second-order valence-corrected chi connectivity index (χ2v) is 6.59. The molecular formula is C20H17F2N3O2. The molecule has 0 atom stereocenters. The number of aromatic nitrogens is 1. The first kappa shape index (κ1) is 17.4. The molecule has 1 aromatic heterocycles. The second kappa shape index (κ2) is 6.92. The van der Waals surface area contributed by atoms with Crippen LogP contribution in [0.1, 0.15) is 11.3 Å². The zero-order chi connectivity index (χ0) is 19.0. The first-order valence-electron chi connectivity index (χ1n) is 8.61. The van der Waals surface area contributed by atoms with Crippen LogP contribution in [0.2, 0.25) is 0 Å². The Morgan fingerprint density at radius 3 is 2.81 bits per heavy atom. The highest BCUT2D eigenvalue weighted by atomic mass is 19.1. The van der Waals surface area contributed by atoms with Crippen LogP contribution in [-0.2, 0) is 17.8 Å². The number of hydrogen-bond donors (Lipinski definition) is 2. The number of rotatable bonds is 3. The lowest BCUT2D eigenvalue weighted by molar-refractivity contribution is -0.117. The van der Waals surface area contributed by atoms with Gasteiger partial charge in [0.2, 0.25) is 5.91 Å². The number of carbonyl (C=O) groups excluding carboxylic acids is 1. The van der Waals surface area contributed by atoms with Crippen LogP contribution >= 0.6 is 0 Å². The molecule has 3 aromatic rings. The van der Waals surface area contributed by atoms with Gasteiger partial charge in [-0.05, 0) is 24.3 Å². The molecule has 7 heteroatoms. The van der Waals surface area contributed by atoms with Gasteiger partial charge < -0.3 is 10.3 Å². The van der Waals surface area contributed by atoms with Gasteiger partial charge in [0.1, 0.15) is 11.6 Å². The molecule has 5 nitrogen and oxygen atoms in total. The monoisotopic (exact) mass is 369 g/mol. The number of aromatic amines is 1. The zero-order valence-corrected chi connectivity index (χ0v) is 14.4. The van der Waals surface area contributed by atoms with Gasteiger partial charge in [-0.2, -0.15) is 0 Å². The summed E-state index contributed by atoms with van der Waals surface area (Å²) in [5.74, 6) is -1.94. The van der Waals surface area contributed by atoms with Gasteiger partial charge >= 0.3 is 0 Å². The predicted octanol–water partition coefficient (Wildman–Crippen LogP) is 2.80. The van der Waals surface area contributed by atoms with Crippen LogP contribution in [0.3, 0.4) is 0 Å². The van der Waals surface area contributed by atoms with Crippen molar-refractivity contribution in [1.29, 1.82) is 0 Å². The maximum atomic E-state index is 13.7. The Kier molecular flexibility index (Phi) is 4.45. The third-order valence-corrected chi connectivity index (χ3v) is 4.73. The molecule has 0 saturated heterocycles. The lowest BCUT2D eigenvalue weighted by Gasteiger charge is -2.27. The van der Waals surface area contributed by atoms with E-state index < -0.39 is 17.5 Å². The summed E-state index contributed by atoms with van der Waals surface area (Å²) in [7, 11) is 0. The summed E-state index contributed by atoms with van der Waals surface area (Å²) in [6.45, 7) is 0.956. The highest BCUT2D eigenvalue weighted by molar-refractivity contribution is 5.92. The molecule has 0 fully saturated rings. The van der Waals surface area contributed by atoms with Crippen molar-refractivity contribution in [3.05, 3.63) is 75.6 Å². The quantitative estimate of drug-likeness (QED) is 0.746. The fourth-order valence-corrected chi connectivity index (χ4v) is 3.40. The molecule has 27 heavy (non-hydrogen) atoms. The maximum Gasteiger partial charge on any atom is 0.238 e. The Labute approximate surface area is 153 Å².